The summed E-state index contributed by atoms with van der Waals surface area (Å²) in [6.45, 7) is 0.335. The monoisotopic (exact) mass is 263 g/mol. The maximum Gasteiger partial charge on any atom is 0.337 e. The summed E-state index contributed by atoms with van der Waals surface area (Å²) in [7, 11) is 2.86. The molecule has 0 N–H and O–H groups in total. The van der Waals surface area contributed by atoms with Crippen molar-refractivity contribution >= 4 is 17.3 Å². The molecule has 0 aromatic heterocycles. The van der Waals surface area contributed by atoms with Crippen molar-refractivity contribution in [2.75, 3.05) is 25.6 Å². The molecule has 0 radical (unpaired) electrons. The standard InChI is InChI=1S/C12H13N3O4/c1-14(7-3-6-13)11-8-9(12(16)19-2)4-5-10(11)15(17)18/h4-5,8H,3,7H2,1-2H3. The number of nitriles is 1. The highest BCUT2D eigenvalue weighted by Crippen LogP contribution is 2.28. The summed E-state index contributed by atoms with van der Waals surface area (Å²) in [6, 6.07) is 5.95. The zero-order valence-corrected chi connectivity index (χ0v) is 10.6. The minimum absolute atomic E-state index is 0.118. The molecule has 7 nitrogen and oxygen atoms in total. The van der Waals surface area contributed by atoms with E-state index in [9.17, 15) is 14.9 Å². The van der Waals surface area contributed by atoms with Crippen molar-refractivity contribution in [1.82, 2.24) is 0 Å². The van der Waals surface area contributed by atoms with Crippen LogP contribution in [0, 0.1) is 21.4 Å². The Balaban J connectivity index is 3.19. The molecule has 1 rings (SSSR count). The summed E-state index contributed by atoms with van der Waals surface area (Å²) in [6.07, 6.45) is 0.232. The van der Waals surface area contributed by atoms with Crippen molar-refractivity contribution in [3.05, 3.63) is 33.9 Å². The zero-order chi connectivity index (χ0) is 14.4. The molecule has 0 aliphatic heterocycles. The number of methoxy groups -OCH3 is 1. The second kappa shape index (κ2) is 6.35. The van der Waals surface area contributed by atoms with Crippen LogP contribution in [0.3, 0.4) is 0 Å². The largest absolute Gasteiger partial charge is 0.465 e. The van der Waals surface area contributed by atoms with Crippen LogP contribution in [0.1, 0.15) is 16.8 Å². The van der Waals surface area contributed by atoms with Crippen LogP contribution in [-0.4, -0.2) is 31.6 Å². The highest BCUT2D eigenvalue weighted by molar-refractivity contribution is 5.91. The summed E-state index contributed by atoms with van der Waals surface area (Å²) in [5, 5.41) is 19.5. The van der Waals surface area contributed by atoms with Gasteiger partial charge in [0.05, 0.1) is 30.1 Å². The zero-order valence-electron chi connectivity index (χ0n) is 10.6. The molecule has 0 saturated carbocycles. The lowest BCUT2D eigenvalue weighted by molar-refractivity contribution is -0.384. The number of ether oxygens (including phenoxy) is 1. The maximum absolute atomic E-state index is 11.4. The van der Waals surface area contributed by atoms with Gasteiger partial charge in [-0.2, -0.15) is 5.26 Å². The fourth-order valence-electron chi connectivity index (χ4n) is 1.57. The van der Waals surface area contributed by atoms with Crippen molar-refractivity contribution in [2.45, 2.75) is 6.42 Å². The summed E-state index contributed by atoms with van der Waals surface area (Å²) >= 11 is 0. The lowest BCUT2D eigenvalue weighted by atomic mass is 10.1. The van der Waals surface area contributed by atoms with Gasteiger partial charge in [-0.25, -0.2) is 4.79 Å². The third kappa shape index (κ3) is 3.42. The van der Waals surface area contributed by atoms with Crippen molar-refractivity contribution in [3.63, 3.8) is 0 Å². The third-order valence-electron chi connectivity index (χ3n) is 2.56. The molecule has 0 spiro atoms. The molecule has 19 heavy (non-hydrogen) atoms. The van der Waals surface area contributed by atoms with E-state index < -0.39 is 10.9 Å². The maximum atomic E-state index is 11.4. The van der Waals surface area contributed by atoms with E-state index in [-0.39, 0.29) is 23.4 Å². The SMILES string of the molecule is COC(=O)c1ccc([N+](=O)[O-])c(N(C)CCC#N)c1. The van der Waals surface area contributed by atoms with E-state index in [0.717, 1.165) is 0 Å². The number of nitro groups is 1. The number of esters is 1. The van der Waals surface area contributed by atoms with Gasteiger partial charge in [-0.1, -0.05) is 0 Å². The molecule has 0 bridgehead atoms. The Labute approximate surface area is 110 Å². The van der Waals surface area contributed by atoms with E-state index >= 15 is 0 Å². The van der Waals surface area contributed by atoms with Gasteiger partial charge in [-0.15, -0.1) is 0 Å². The minimum Gasteiger partial charge on any atom is -0.465 e. The first-order valence-corrected chi connectivity index (χ1v) is 5.46. The van der Waals surface area contributed by atoms with E-state index in [1.165, 1.54) is 25.3 Å². The van der Waals surface area contributed by atoms with Crippen LogP contribution in [-0.2, 0) is 4.74 Å². The second-order valence-electron chi connectivity index (χ2n) is 3.78. The highest BCUT2D eigenvalue weighted by Gasteiger charge is 2.19. The number of hydrogen-bond acceptors (Lipinski definition) is 6. The minimum atomic E-state index is -0.565. The lowest BCUT2D eigenvalue weighted by Crippen LogP contribution is -2.20. The first-order chi connectivity index (χ1) is 9.01. The van der Waals surface area contributed by atoms with Crippen LogP contribution in [0.25, 0.3) is 0 Å². The van der Waals surface area contributed by atoms with Crippen LogP contribution in [0.5, 0.6) is 0 Å². The molecule has 100 valence electrons. The number of anilines is 1. The Kier molecular flexibility index (Phi) is 4.83. The van der Waals surface area contributed by atoms with Crippen molar-refractivity contribution in [2.24, 2.45) is 0 Å². The predicted molar refractivity (Wildman–Crippen MR) is 67.9 cm³/mol. The molecular formula is C12H13N3O4. The molecule has 0 aliphatic rings. The lowest BCUT2D eigenvalue weighted by Gasteiger charge is -2.18. The Morgan fingerprint density at radius 3 is 2.79 bits per heavy atom. The van der Waals surface area contributed by atoms with Gasteiger partial charge in [-0.3, -0.25) is 10.1 Å². The van der Waals surface area contributed by atoms with E-state index in [2.05, 4.69) is 4.74 Å². The molecule has 0 atom stereocenters. The second-order valence-corrected chi connectivity index (χ2v) is 3.78. The fraction of sp³-hybridized carbons (Fsp3) is 0.333. The molecule has 0 heterocycles. The number of rotatable bonds is 5. The average molecular weight is 263 g/mol. The Morgan fingerprint density at radius 2 is 2.26 bits per heavy atom. The van der Waals surface area contributed by atoms with E-state index in [0.29, 0.717) is 6.54 Å². The molecule has 0 aliphatic carbocycles. The van der Waals surface area contributed by atoms with Crippen LogP contribution in [0.2, 0.25) is 0 Å². The topological polar surface area (TPSA) is 96.5 Å². The van der Waals surface area contributed by atoms with Crippen molar-refractivity contribution in [3.8, 4) is 6.07 Å². The van der Waals surface area contributed by atoms with Crippen molar-refractivity contribution < 1.29 is 14.5 Å². The Bertz CT molecular complexity index is 536. The van der Waals surface area contributed by atoms with Crippen LogP contribution in [0.15, 0.2) is 18.2 Å². The van der Waals surface area contributed by atoms with Gasteiger partial charge in [0.15, 0.2) is 0 Å². The van der Waals surface area contributed by atoms with Gasteiger partial charge in [0.2, 0.25) is 0 Å². The first kappa shape index (κ1) is 14.4. The molecule has 1 aromatic carbocycles. The number of carbonyl (C=O) groups is 1. The Morgan fingerprint density at radius 1 is 1.58 bits per heavy atom. The van der Waals surface area contributed by atoms with Gasteiger partial charge < -0.3 is 9.64 Å². The molecule has 7 heteroatoms. The van der Waals surface area contributed by atoms with Crippen molar-refractivity contribution in [1.29, 1.82) is 5.26 Å². The van der Waals surface area contributed by atoms with Gasteiger partial charge in [0.25, 0.3) is 5.69 Å². The van der Waals surface area contributed by atoms with Crippen LogP contribution >= 0.6 is 0 Å². The fourth-order valence-corrected chi connectivity index (χ4v) is 1.57. The van der Waals surface area contributed by atoms with Crippen LogP contribution in [0.4, 0.5) is 11.4 Å². The Hall–Kier alpha value is -2.62. The smallest absolute Gasteiger partial charge is 0.337 e. The molecule has 0 saturated heterocycles. The first-order valence-electron chi connectivity index (χ1n) is 5.46. The summed E-state index contributed by atoms with van der Waals surface area (Å²) in [4.78, 5) is 23.4. The van der Waals surface area contributed by atoms with E-state index in [1.54, 1.807) is 11.9 Å². The number of carbonyl (C=O) groups excluding carboxylic acids is 1. The van der Waals surface area contributed by atoms with Gasteiger partial charge in [0.1, 0.15) is 5.69 Å². The molecule has 0 fully saturated rings. The van der Waals surface area contributed by atoms with Crippen LogP contribution < -0.4 is 4.90 Å². The summed E-state index contributed by atoms with van der Waals surface area (Å²) < 4.78 is 4.57. The average Bonchev–Trinajstić information content (AvgIpc) is 2.42. The number of hydrogen-bond donors (Lipinski definition) is 0. The van der Waals surface area contributed by atoms with Gasteiger partial charge >= 0.3 is 5.97 Å². The molecule has 0 unspecified atom stereocenters. The quantitative estimate of drug-likeness (QED) is 0.456. The molecule has 1 aromatic rings. The molecular weight excluding hydrogens is 250 g/mol. The normalized spacial score (nSPS) is 9.53. The number of nitro benzene ring substituents is 1. The summed E-state index contributed by atoms with van der Waals surface area (Å²) in [5.74, 6) is -0.565. The highest BCUT2D eigenvalue weighted by atomic mass is 16.6. The van der Waals surface area contributed by atoms with E-state index in [4.69, 9.17) is 5.26 Å². The third-order valence-corrected chi connectivity index (χ3v) is 2.56. The summed E-state index contributed by atoms with van der Waals surface area (Å²) in [5.41, 5.74) is 0.392. The number of benzene rings is 1. The molecule has 0 amide bonds. The van der Waals surface area contributed by atoms with Gasteiger partial charge in [-0.05, 0) is 12.1 Å². The van der Waals surface area contributed by atoms with E-state index in [1.807, 2.05) is 6.07 Å². The number of nitrogens with zero attached hydrogens (tertiary/aromatic N) is 3. The predicted octanol–water partition coefficient (Wildman–Crippen LogP) is 1.73. The van der Waals surface area contributed by atoms with Gasteiger partial charge in [0, 0.05) is 19.7 Å².